The summed E-state index contributed by atoms with van der Waals surface area (Å²) in [7, 11) is 0. The number of carboxylic acids is 1. The van der Waals surface area contributed by atoms with Gasteiger partial charge in [0.1, 0.15) is 0 Å². The van der Waals surface area contributed by atoms with Crippen molar-refractivity contribution >= 4 is 35.5 Å². The molecule has 7 heavy (non-hydrogen) atoms. The van der Waals surface area contributed by atoms with Crippen LogP contribution < -0.4 is 0 Å². The van der Waals surface area contributed by atoms with Gasteiger partial charge in [-0.15, -0.1) is 13.2 Å². The molecule has 0 aromatic heterocycles. The molecule has 0 radical (unpaired) electrons. The second-order valence-electron chi connectivity index (χ2n) is 0.519. The summed E-state index contributed by atoms with van der Waals surface area (Å²) in [5, 5.41) is 7.42. The standard InChI is InChI=1S/C2H4O2.C2H4.Na.H/c1-2(3)4;1-2;;/h1H3,(H,3,4);1-2H2;;. The molecule has 1 N–H and O–H groups in total. The van der Waals surface area contributed by atoms with Gasteiger partial charge in [-0.1, -0.05) is 0 Å². The third-order valence-corrected chi connectivity index (χ3v) is 0. The van der Waals surface area contributed by atoms with Crippen molar-refractivity contribution in [2.75, 3.05) is 0 Å². The van der Waals surface area contributed by atoms with Crippen molar-refractivity contribution in [3.05, 3.63) is 13.2 Å². The van der Waals surface area contributed by atoms with Gasteiger partial charge in [-0.3, -0.25) is 4.79 Å². The second-order valence-corrected chi connectivity index (χ2v) is 0.519. The zero-order valence-electron chi connectivity index (χ0n) is 3.77. The van der Waals surface area contributed by atoms with E-state index in [0.29, 0.717) is 0 Å². The molecule has 0 amide bonds. The Morgan fingerprint density at radius 2 is 1.57 bits per heavy atom. The first-order chi connectivity index (χ1) is 2.73. The number of hydrogen-bond acceptors (Lipinski definition) is 1. The van der Waals surface area contributed by atoms with Crippen LogP contribution in [0.15, 0.2) is 13.2 Å². The molecule has 0 aromatic carbocycles. The van der Waals surface area contributed by atoms with E-state index in [1.54, 1.807) is 0 Å². The first-order valence-electron chi connectivity index (χ1n) is 1.43. The fraction of sp³-hybridized carbons (Fsp3) is 0.250. The van der Waals surface area contributed by atoms with E-state index in [1.165, 1.54) is 0 Å². The Morgan fingerprint density at radius 3 is 1.57 bits per heavy atom. The molecule has 0 aliphatic rings. The quantitative estimate of drug-likeness (QED) is 0.360. The summed E-state index contributed by atoms with van der Waals surface area (Å²) in [5.74, 6) is -0.833. The van der Waals surface area contributed by atoms with E-state index in [2.05, 4.69) is 13.2 Å². The average molecular weight is 112 g/mol. The molecule has 2 nitrogen and oxygen atoms in total. The summed E-state index contributed by atoms with van der Waals surface area (Å²) < 4.78 is 0. The third-order valence-electron chi connectivity index (χ3n) is 0. The van der Waals surface area contributed by atoms with Crippen molar-refractivity contribution < 1.29 is 9.90 Å². The maximum atomic E-state index is 9.00. The molecule has 0 heterocycles. The van der Waals surface area contributed by atoms with Gasteiger partial charge in [-0.25, -0.2) is 0 Å². The van der Waals surface area contributed by atoms with Crippen LogP contribution in [-0.2, 0) is 4.79 Å². The minimum absolute atomic E-state index is 0. The van der Waals surface area contributed by atoms with E-state index in [4.69, 9.17) is 9.90 Å². The summed E-state index contributed by atoms with van der Waals surface area (Å²) in [6, 6.07) is 0. The van der Waals surface area contributed by atoms with Gasteiger partial charge in [0, 0.05) is 6.92 Å². The number of hydrogen-bond donors (Lipinski definition) is 1. The molecule has 0 bridgehead atoms. The normalized spacial score (nSPS) is 4.14. The predicted octanol–water partition coefficient (Wildman–Crippen LogP) is 0.245. The Balaban J connectivity index is -0.0000000480. The van der Waals surface area contributed by atoms with Crippen molar-refractivity contribution in [3.8, 4) is 0 Å². The Labute approximate surface area is 65.5 Å². The molecule has 0 saturated heterocycles. The van der Waals surface area contributed by atoms with Crippen LogP contribution in [0.25, 0.3) is 0 Å². The summed E-state index contributed by atoms with van der Waals surface area (Å²) in [6.45, 7) is 7.08. The Kier molecular flexibility index (Phi) is 36.7. The van der Waals surface area contributed by atoms with E-state index in [0.717, 1.165) is 6.92 Å². The van der Waals surface area contributed by atoms with Crippen molar-refractivity contribution in [3.63, 3.8) is 0 Å². The van der Waals surface area contributed by atoms with E-state index >= 15 is 0 Å². The van der Waals surface area contributed by atoms with Gasteiger partial charge >= 0.3 is 29.6 Å². The molecule has 0 saturated carbocycles. The first-order valence-corrected chi connectivity index (χ1v) is 1.43. The second kappa shape index (κ2) is 16.4. The van der Waals surface area contributed by atoms with Gasteiger partial charge in [-0.05, 0) is 0 Å². The van der Waals surface area contributed by atoms with Crippen LogP contribution in [0.1, 0.15) is 6.92 Å². The molecular formula is C4H9NaO2. The topological polar surface area (TPSA) is 37.3 Å². The Bertz CT molecular complexity index is 41.0. The van der Waals surface area contributed by atoms with Crippen molar-refractivity contribution in [2.45, 2.75) is 6.92 Å². The van der Waals surface area contributed by atoms with Gasteiger partial charge < -0.3 is 5.11 Å². The SMILES string of the molecule is C=C.CC(=O)O.[NaH]. The molecule has 0 atom stereocenters. The van der Waals surface area contributed by atoms with Crippen molar-refractivity contribution in [1.29, 1.82) is 0 Å². The van der Waals surface area contributed by atoms with Crippen LogP contribution in [-0.4, -0.2) is 40.6 Å². The zero-order chi connectivity index (χ0) is 5.58. The number of carbonyl (C=O) groups is 1. The molecule has 0 fully saturated rings. The van der Waals surface area contributed by atoms with E-state index < -0.39 is 5.97 Å². The van der Waals surface area contributed by atoms with Crippen LogP contribution in [0, 0.1) is 0 Å². The maximum absolute atomic E-state index is 9.00. The minimum atomic E-state index is -0.833. The molecular weight excluding hydrogens is 103 g/mol. The van der Waals surface area contributed by atoms with Gasteiger partial charge in [-0.2, -0.15) is 0 Å². The van der Waals surface area contributed by atoms with E-state index in [1.807, 2.05) is 0 Å². The molecule has 0 aliphatic carbocycles. The zero-order valence-corrected chi connectivity index (χ0v) is 3.77. The summed E-state index contributed by atoms with van der Waals surface area (Å²) in [4.78, 5) is 9.00. The average Bonchev–Trinajstić information content (AvgIpc) is 1.41. The van der Waals surface area contributed by atoms with Crippen LogP contribution in [0.3, 0.4) is 0 Å². The van der Waals surface area contributed by atoms with E-state index in [9.17, 15) is 0 Å². The summed E-state index contributed by atoms with van der Waals surface area (Å²) >= 11 is 0. The summed E-state index contributed by atoms with van der Waals surface area (Å²) in [6.07, 6.45) is 0. The van der Waals surface area contributed by atoms with Crippen molar-refractivity contribution in [1.82, 2.24) is 0 Å². The fourth-order valence-electron chi connectivity index (χ4n) is 0. The fourth-order valence-corrected chi connectivity index (χ4v) is 0. The van der Waals surface area contributed by atoms with Crippen molar-refractivity contribution in [2.24, 2.45) is 0 Å². The first kappa shape index (κ1) is 15.7. The Hall–Kier alpha value is 0.210. The molecule has 0 aromatic rings. The van der Waals surface area contributed by atoms with Gasteiger partial charge in [0.15, 0.2) is 0 Å². The predicted molar refractivity (Wildman–Crippen MR) is 31.7 cm³/mol. The molecule has 0 aliphatic heterocycles. The number of rotatable bonds is 0. The molecule has 0 unspecified atom stereocenters. The van der Waals surface area contributed by atoms with Crippen LogP contribution >= 0.6 is 0 Å². The number of carboxylic acid groups (broad SMARTS) is 1. The number of aliphatic carboxylic acids is 1. The monoisotopic (exact) mass is 112 g/mol. The van der Waals surface area contributed by atoms with E-state index in [-0.39, 0.29) is 29.6 Å². The van der Waals surface area contributed by atoms with Crippen LogP contribution in [0.2, 0.25) is 0 Å². The van der Waals surface area contributed by atoms with Gasteiger partial charge in [0.2, 0.25) is 0 Å². The summed E-state index contributed by atoms with van der Waals surface area (Å²) in [5.41, 5.74) is 0. The Morgan fingerprint density at radius 1 is 1.57 bits per heavy atom. The van der Waals surface area contributed by atoms with Gasteiger partial charge in [0.25, 0.3) is 5.97 Å². The van der Waals surface area contributed by atoms with Crippen LogP contribution in [0.4, 0.5) is 0 Å². The molecule has 38 valence electrons. The third kappa shape index (κ3) is 2500. The molecule has 3 heteroatoms. The van der Waals surface area contributed by atoms with Gasteiger partial charge in [0.05, 0.1) is 0 Å². The molecule has 0 rings (SSSR count). The van der Waals surface area contributed by atoms with Crippen LogP contribution in [0.5, 0.6) is 0 Å². The molecule has 0 spiro atoms.